The Kier molecular flexibility index (Phi) is 3.23. The maximum absolute atomic E-state index is 12.2. The van der Waals surface area contributed by atoms with E-state index in [1.807, 2.05) is 32.0 Å². The molecule has 1 aliphatic heterocycles. The molecule has 0 aliphatic carbocycles. The monoisotopic (exact) mass is 271 g/mol. The highest BCUT2D eigenvalue weighted by Crippen LogP contribution is 2.17. The molecule has 20 heavy (non-hydrogen) atoms. The molecule has 3 rings (SSSR count). The summed E-state index contributed by atoms with van der Waals surface area (Å²) < 4.78 is 1.74. The number of hydrogen-bond acceptors (Lipinski definition) is 4. The van der Waals surface area contributed by atoms with Crippen molar-refractivity contribution in [3.05, 3.63) is 41.2 Å². The van der Waals surface area contributed by atoms with Crippen molar-refractivity contribution in [3.63, 3.8) is 0 Å². The van der Waals surface area contributed by atoms with Crippen LogP contribution in [0.1, 0.15) is 27.7 Å². The van der Waals surface area contributed by atoms with Crippen LogP contribution in [0.5, 0.6) is 0 Å². The molecule has 6 nitrogen and oxygen atoms in total. The lowest BCUT2D eigenvalue weighted by molar-refractivity contribution is 0.102. The van der Waals surface area contributed by atoms with Gasteiger partial charge in [-0.3, -0.25) is 4.79 Å². The summed E-state index contributed by atoms with van der Waals surface area (Å²) in [7, 11) is 0. The first-order valence-electron chi connectivity index (χ1n) is 6.64. The molecule has 6 heteroatoms. The van der Waals surface area contributed by atoms with Crippen LogP contribution < -0.4 is 10.6 Å². The Bertz CT molecular complexity index is 645. The Hall–Kier alpha value is -2.21. The third kappa shape index (κ3) is 2.42. The average Bonchev–Trinajstić information content (AvgIpc) is 2.81. The zero-order valence-electron chi connectivity index (χ0n) is 11.6. The van der Waals surface area contributed by atoms with E-state index >= 15 is 0 Å². The smallest absolute Gasteiger partial charge is 0.277 e. The van der Waals surface area contributed by atoms with Gasteiger partial charge in [0.05, 0.1) is 12.2 Å². The molecule has 0 atom stereocenters. The Morgan fingerprint density at radius 2 is 2.20 bits per heavy atom. The predicted molar refractivity (Wildman–Crippen MR) is 75.8 cm³/mol. The number of nitrogens with zero attached hydrogens (tertiary/aromatic N) is 3. The highest BCUT2D eigenvalue weighted by Gasteiger charge is 2.21. The summed E-state index contributed by atoms with van der Waals surface area (Å²) in [6.07, 6.45) is 1.70. The minimum atomic E-state index is -0.225. The minimum absolute atomic E-state index is 0.225. The molecule has 1 fully saturated rings. The second kappa shape index (κ2) is 5.05. The van der Waals surface area contributed by atoms with Crippen LogP contribution in [0, 0.1) is 13.8 Å². The molecule has 0 spiro atoms. The fourth-order valence-corrected chi connectivity index (χ4v) is 2.08. The maximum atomic E-state index is 12.2. The molecule has 1 aromatic carbocycles. The molecule has 0 unspecified atom stereocenters. The Balaban J connectivity index is 1.75. The maximum Gasteiger partial charge on any atom is 0.277 e. The van der Waals surface area contributed by atoms with Gasteiger partial charge in [0.15, 0.2) is 5.69 Å². The quantitative estimate of drug-likeness (QED) is 0.882. The predicted octanol–water partition coefficient (Wildman–Crippen LogP) is 1.29. The molecule has 0 bridgehead atoms. The summed E-state index contributed by atoms with van der Waals surface area (Å²) in [4.78, 5) is 12.2. The molecule has 2 aromatic rings. The largest absolute Gasteiger partial charge is 0.320 e. The van der Waals surface area contributed by atoms with Crippen LogP contribution in [-0.2, 0) is 0 Å². The van der Waals surface area contributed by atoms with E-state index in [1.54, 1.807) is 10.9 Å². The standard InChI is InChI=1S/C14H17N5O/c1-9-3-4-10(2)12(5-9)16-14(20)13-8-19(18-17-13)11-6-15-7-11/h3-5,8,11,15H,6-7H2,1-2H3,(H,16,20). The lowest BCUT2D eigenvalue weighted by Gasteiger charge is -2.26. The van der Waals surface area contributed by atoms with E-state index in [0.29, 0.717) is 11.7 Å². The van der Waals surface area contributed by atoms with Crippen molar-refractivity contribution in [3.8, 4) is 0 Å². The second-order valence-electron chi connectivity index (χ2n) is 5.17. The topological polar surface area (TPSA) is 71.8 Å². The number of amides is 1. The third-order valence-corrected chi connectivity index (χ3v) is 3.52. The molecule has 1 aromatic heterocycles. The van der Waals surface area contributed by atoms with Gasteiger partial charge in [0.2, 0.25) is 0 Å². The first kappa shape index (κ1) is 12.8. The van der Waals surface area contributed by atoms with Gasteiger partial charge in [0.25, 0.3) is 5.91 Å². The molecular formula is C14H17N5O. The highest BCUT2D eigenvalue weighted by molar-refractivity contribution is 6.03. The molecule has 1 aliphatic rings. The molecule has 2 N–H and O–H groups in total. The van der Waals surface area contributed by atoms with Crippen LogP contribution in [0.2, 0.25) is 0 Å². The Morgan fingerprint density at radius 3 is 2.90 bits per heavy atom. The number of nitrogens with one attached hydrogen (secondary N) is 2. The molecule has 104 valence electrons. The number of carbonyl (C=O) groups excluding carboxylic acids is 1. The van der Waals surface area contributed by atoms with Crippen LogP contribution in [0.3, 0.4) is 0 Å². The van der Waals surface area contributed by atoms with Gasteiger partial charge in [0, 0.05) is 18.8 Å². The van der Waals surface area contributed by atoms with Gasteiger partial charge >= 0.3 is 0 Å². The van der Waals surface area contributed by atoms with E-state index in [-0.39, 0.29) is 5.91 Å². The normalized spacial score (nSPS) is 14.9. The summed E-state index contributed by atoms with van der Waals surface area (Å²) in [6.45, 7) is 5.71. The summed E-state index contributed by atoms with van der Waals surface area (Å²) in [5.74, 6) is -0.225. The first-order valence-corrected chi connectivity index (χ1v) is 6.64. The summed E-state index contributed by atoms with van der Waals surface area (Å²) in [6, 6.07) is 6.27. The van der Waals surface area contributed by atoms with Crippen molar-refractivity contribution >= 4 is 11.6 Å². The second-order valence-corrected chi connectivity index (χ2v) is 5.17. The summed E-state index contributed by atoms with van der Waals surface area (Å²) in [5.41, 5.74) is 3.29. The van der Waals surface area contributed by atoms with Gasteiger partial charge in [-0.2, -0.15) is 0 Å². The lowest BCUT2D eigenvalue weighted by Crippen LogP contribution is -2.43. The van der Waals surface area contributed by atoms with E-state index in [2.05, 4.69) is 20.9 Å². The number of rotatable bonds is 3. The van der Waals surface area contributed by atoms with Gasteiger partial charge in [-0.15, -0.1) is 5.10 Å². The van der Waals surface area contributed by atoms with Crippen LogP contribution in [-0.4, -0.2) is 34.0 Å². The van der Waals surface area contributed by atoms with E-state index in [1.165, 1.54) is 0 Å². The third-order valence-electron chi connectivity index (χ3n) is 3.52. The molecular weight excluding hydrogens is 254 g/mol. The van der Waals surface area contributed by atoms with Crippen LogP contribution in [0.25, 0.3) is 0 Å². The number of hydrogen-bond donors (Lipinski definition) is 2. The van der Waals surface area contributed by atoms with Gasteiger partial charge in [-0.1, -0.05) is 17.3 Å². The summed E-state index contributed by atoms with van der Waals surface area (Å²) in [5, 5.41) is 14.0. The van der Waals surface area contributed by atoms with Crippen LogP contribution >= 0.6 is 0 Å². The van der Waals surface area contributed by atoms with Crippen molar-refractivity contribution in [1.29, 1.82) is 0 Å². The summed E-state index contributed by atoms with van der Waals surface area (Å²) >= 11 is 0. The van der Waals surface area contributed by atoms with Gasteiger partial charge < -0.3 is 10.6 Å². The van der Waals surface area contributed by atoms with Crippen LogP contribution in [0.15, 0.2) is 24.4 Å². The number of aryl methyl sites for hydroxylation is 2. The van der Waals surface area contributed by atoms with E-state index < -0.39 is 0 Å². The fraction of sp³-hybridized carbons (Fsp3) is 0.357. The van der Waals surface area contributed by atoms with E-state index in [0.717, 1.165) is 29.9 Å². The molecule has 1 amide bonds. The van der Waals surface area contributed by atoms with Crippen molar-refractivity contribution < 1.29 is 4.79 Å². The molecule has 0 saturated carbocycles. The van der Waals surface area contributed by atoms with Gasteiger partial charge in [-0.25, -0.2) is 4.68 Å². The lowest BCUT2D eigenvalue weighted by atomic mass is 10.1. The number of carbonyl (C=O) groups is 1. The van der Waals surface area contributed by atoms with E-state index in [9.17, 15) is 4.79 Å². The highest BCUT2D eigenvalue weighted by atomic mass is 16.2. The van der Waals surface area contributed by atoms with Crippen LogP contribution in [0.4, 0.5) is 5.69 Å². The number of aromatic nitrogens is 3. The Morgan fingerprint density at radius 1 is 1.40 bits per heavy atom. The van der Waals surface area contributed by atoms with Crippen molar-refractivity contribution in [2.75, 3.05) is 18.4 Å². The zero-order valence-corrected chi connectivity index (χ0v) is 11.6. The van der Waals surface area contributed by atoms with Crippen molar-refractivity contribution in [2.45, 2.75) is 19.9 Å². The van der Waals surface area contributed by atoms with Crippen molar-refractivity contribution in [2.24, 2.45) is 0 Å². The van der Waals surface area contributed by atoms with E-state index in [4.69, 9.17) is 0 Å². The molecule has 2 heterocycles. The minimum Gasteiger partial charge on any atom is -0.320 e. The average molecular weight is 271 g/mol. The van der Waals surface area contributed by atoms with Gasteiger partial charge in [-0.05, 0) is 31.0 Å². The van der Waals surface area contributed by atoms with Crippen molar-refractivity contribution in [1.82, 2.24) is 20.3 Å². The number of anilines is 1. The fourth-order valence-electron chi connectivity index (χ4n) is 2.08. The molecule has 1 saturated heterocycles. The molecule has 0 radical (unpaired) electrons. The SMILES string of the molecule is Cc1ccc(C)c(NC(=O)c2cn(C3CNC3)nn2)c1. The Labute approximate surface area is 117 Å². The van der Waals surface area contributed by atoms with Gasteiger partial charge in [0.1, 0.15) is 0 Å². The number of benzene rings is 1. The first-order chi connectivity index (χ1) is 9.63. The zero-order chi connectivity index (χ0) is 14.1.